The summed E-state index contributed by atoms with van der Waals surface area (Å²) in [5.41, 5.74) is 0.114. The van der Waals surface area contributed by atoms with Crippen molar-refractivity contribution in [2.75, 3.05) is 30.5 Å². The number of ether oxygens (including phenoxy) is 2. The van der Waals surface area contributed by atoms with E-state index in [9.17, 15) is 35.9 Å². The highest BCUT2D eigenvalue weighted by molar-refractivity contribution is 5.96. The number of aromatic nitrogens is 1. The average Bonchev–Trinajstić information content (AvgIpc) is 2.62. The van der Waals surface area contributed by atoms with Crippen LogP contribution in [-0.4, -0.2) is 61.6 Å². The predicted molar refractivity (Wildman–Crippen MR) is 89.2 cm³/mol. The van der Waals surface area contributed by atoms with Crippen LogP contribution in [0.3, 0.4) is 0 Å². The van der Waals surface area contributed by atoms with Crippen molar-refractivity contribution >= 4 is 23.3 Å². The van der Waals surface area contributed by atoms with Crippen LogP contribution in [0.2, 0.25) is 0 Å². The maximum atomic E-state index is 12.2. The van der Waals surface area contributed by atoms with Gasteiger partial charge >= 0.3 is 12.4 Å². The molecule has 0 aliphatic rings. The van der Waals surface area contributed by atoms with Crippen molar-refractivity contribution < 1.29 is 45.4 Å². The molecule has 164 valence electrons. The fourth-order valence-corrected chi connectivity index (χ4v) is 1.87. The van der Waals surface area contributed by atoms with Crippen LogP contribution in [0.4, 0.5) is 37.8 Å². The fraction of sp³-hybridized carbons (Fsp3) is 0.562. The van der Waals surface area contributed by atoms with Crippen LogP contribution >= 0.6 is 0 Å². The van der Waals surface area contributed by atoms with E-state index in [1.165, 1.54) is 19.2 Å². The molecule has 0 radical (unpaired) electrons. The second-order valence-corrected chi connectivity index (χ2v) is 5.93. The Morgan fingerprint density at radius 2 is 1.55 bits per heavy atom. The molecule has 29 heavy (non-hydrogen) atoms. The number of nitrogens with one attached hydrogen (secondary N) is 1. The number of alkyl halides is 6. The highest BCUT2D eigenvalue weighted by Crippen LogP contribution is 2.19. The third-order valence-corrected chi connectivity index (χ3v) is 3.40. The molecule has 0 aliphatic carbocycles. The number of amides is 2. The largest absolute Gasteiger partial charge is 0.411 e. The molecule has 0 saturated heterocycles. The zero-order valence-electron chi connectivity index (χ0n) is 15.6. The average molecular weight is 431 g/mol. The summed E-state index contributed by atoms with van der Waals surface area (Å²) in [6.45, 7) is -0.875. The lowest BCUT2D eigenvalue weighted by molar-refractivity contribution is -0.185. The molecule has 13 heteroatoms. The number of nitrogens with zero attached hydrogens (tertiary/aromatic N) is 2. The van der Waals surface area contributed by atoms with Crippen molar-refractivity contribution in [3.05, 3.63) is 18.3 Å². The van der Waals surface area contributed by atoms with E-state index in [1.807, 2.05) is 0 Å². The molecule has 1 rings (SSSR count). The number of hydrogen-bond acceptors (Lipinski definition) is 5. The lowest BCUT2D eigenvalue weighted by atomic mass is 10.3. The molecule has 1 aromatic rings. The van der Waals surface area contributed by atoms with Gasteiger partial charge in [-0.05, 0) is 26.0 Å². The molecule has 0 aromatic carbocycles. The minimum atomic E-state index is -4.58. The number of likely N-dealkylation sites (N-methyl/N-ethyl adjacent to an activating group) is 1. The zero-order chi connectivity index (χ0) is 22.4. The molecule has 0 unspecified atom stereocenters. The van der Waals surface area contributed by atoms with E-state index in [0.29, 0.717) is 0 Å². The Labute approximate surface area is 162 Å². The quantitative estimate of drug-likeness (QED) is 0.641. The van der Waals surface area contributed by atoms with E-state index in [2.05, 4.69) is 19.8 Å². The van der Waals surface area contributed by atoms with Crippen molar-refractivity contribution in [3.63, 3.8) is 0 Å². The van der Waals surface area contributed by atoms with Crippen LogP contribution in [-0.2, 0) is 19.1 Å². The highest BCUT2D eigenvalue weighted by atomic mass is 19.4. The Morgan fingerprint density at radius 1 is 1.03 bits per heavy atom. The summed E-state index contributed by atoms with van der Waals surface area (Å²) >= 11 is 0. The van der Waals surface area contributed by atoms with Crippen molar-refractivity contribution in [3.8, 4) is 0 Å². The van der Waals surface area contributed by atoms with E-state index >= 15 is 0 Å². The number of hydrogen-bond donors (Lipinski definition) is 1. The molecule has 1 heterocycles. The van der Waals surface area contributed by atoms with E-state index in [4.69, 9.17) is 0 Å². The van der Waals surface area contributed by atoms with Crippen LogP contribution in [0.15, 0.2) is 18.3 Å². The van der Waals surface area contributed by atoms with E-state index in [1.54, 1.807) is 0 Å². The van der Waals surface area contributed by atoms with Gasteiger partial charge in [0.15, 0.2) is 0 Å². The molecule has 0 bridgehead atoms. The van der Waals surface area contributed by atoms with Gasteiger partial charge in [-0.15, -0.1) is 0 Å². The predicted octanol–water partition coefficient (Wildman–Crippen LogP) is 2.92. The molecule has 7 nitrogen and oxygen atoms in total. The summed E-state index contributed by atoms with van der Waals surface area (Å²) in [7, 11) is 1.27. The molecule has 0 spiro atoms. The summed E-state index contributed by atoms with van der Waals surface area (Å²) in [5, 5.41) is 2.29. The van der Waals surface area contributed by atoms with Crippen molar-refractivity contribution in [1.82, 2.24) is 4.98 Å². The van der Waals surface area contributed by atoms with Gasteiger partial charge in [-0.25, -0.2) is 4.98 Å². The summed E-state index contributed by atoms with van der Waals surface area (Å²) in [6, 6.07) is 2.59. The molecule has 1 N–H and O–H groups in total. The third kappa shape index (κ3) is 9.09. The minimum Gasteiger partial charge on any atom is -0.359 e. The van der Waals surface area contributed by atoms with Crippen molar-refractivity contribution in [2.24, 2.45) is 0 Å². The van der Waals surface area contributed by atoms with Crippen LogP contribution in [0, 0.1) is 0 Å². The van der Waals surface area contributed by atoms with Crippen LogP contribution < -0.4 is 10.2 Å². The second-order valence-electron chi connectivity index (χ2n) is 5.93. The van der Waals surface area contributed by atoms with Gasteiger partial charge in [-0.1, -0.05) is 0 Å². The van der Waals surface area contributed by atoms with Crippen LogP contribution in [0.25, 0.3) is 0 Å². The van der Waals surface area contributed by atoms with Gasteiger partial charge in [0, 0.05) is 7.05 Å². The second kappa shape index (κ2) is 9.87. The van der Waals surface area contributed by atoms with Crippen LogP contribution in [0.1, 0.15) is 13.8 Å². The van der Waals surface area contributed by atoms with Gasteiger partial charge < -0.3 is 14.8 Å². The van der Waals surface area contributed by atoms with Gasteiger partial charge in [-0.2, -0.15) is 26.3 Å². The molecule has 0 saturated carbocycles. The molecule has 1 aromatic heterocycles. The summed E-state index contributed by atoms with van der Waals surface area (Å²) < 4.78 is 81.6. The first-order chi connectivity index (χ1) is 13.2. The van der Waals surface area contributed by atoms with Gasteiger partial charge in [0.25, 0.3) is 11.8 Å². The lowest BCUT2D eigenvalue weighted by Crippen LogP contribution is -2.38. The first-order valence-electron chi connectivity index (χ1n) is 8.11. The van der Waals surface area contributed by atoms with Crippen LogP contribution in [0.5, 0.6) is 0 Å². The first-order valence-corrected chi connectivity index (χ1v) is 8.11. The van der Waals surface area contributed by atoms with Crippen molar-refractivity contribution in [1.29, 1.82) is 0 Å². The molecule has 0 aliphatic heterocycles. The summed E-state index contributed by atoms with van der Waals surface area (Å²) in [6.07, 6.45) is -10.8. The van der Waals surface area contributed by atoms with Gasteiger partial charge in [0.1, 0.15) is 31.2 Å². The maximum absolute atomic E-state index is 12.2. The van der Waals surface area contributed by atoms with Crippen molar-refractivity contribution in [2.45, 2.75) is 38.4 Å². The number of rotatable bonds is 8. The first kappa shape index (κ1) is 24.6. The Hall–Kier alpha value is -2.41. The molecular weight excluding hydrogens is 412 g/mol. The minimum absolute atomic E-state index is 0.0526. The molecule has 0 fully saturated rings. The number of carbonyl (C=O) groups is 2. The fourth-order valence-electron chi connectivity index (χ4n) is 1.87. The van der Waals surface area contributed by atoms with Gasteiger partial charge in [0.05, 0.1) is 11.9 Å². The van der Waals surface area contributed by atoms with Gasteiger partial charge in [0.2, 0.25) is 0 Å². The lowest BCUT2D eigenvalue weighted by Gasteiger charge is -2.21. The van der Waals surface area contributed by atoms with Gasteiger partial charge in [-0.3, -0.25) is 14.5 Å². The number of halogens is 6. The maximum Gasteiger partial charge on any atom is 0.411 e. The monoisotopic (exact) mass is 431 g/mol. The van der Waals surface area contributed by atoms with E-state index in [0.717, 1.165) is 24.9 Å². The number of pyridine rings is 1. The molecular formula is C16H19F6N3O4. The van der Waals surface area contributed by atoms with E-state index in [-0.39, 0.29) is 11.5 Å². The Morgan fingerprint density at radius 3 is 2.00 bits per heavy atom. The summed E-state index contributed by atoms with van der Waals surface area (Å²) in [5.74, 6) is -1.58. The molecule has 2 amide bonds. The Bertz CT molecular complexity index is 693. The normalized spacial score (nSPS) is 14.2. The SMILES string of the molecule is C[C@H](OCC(F)(F)F)C(=O)Nc1ccc(N(C)C(=O)[C@@H](C)OCC(F)(F)F)nc1. The van der Waals surface area contributed by atoms with E-state index < -0.39 is 49.6 Å². The smallest absolute Gasteiger partial charge is 0.359 e. The molecule has 2 atom stereocenters. The Kier molecular flexibility index (Phi) is 8.38. The Balaban J connectivity index is 2.63. The standard InChI is InChI=1S/C16H19F6N3O4/c1-9(28-7-15(17,18)19)13(26)24-11-4-5-12(23-6-11)25(3)14(27)10(2)29-8-16(20,21)22/h4-6,9-10H,7-8H2,1-3H3,(H,24,26)/t9-,10+/m0/s1. The topological polar surface area (TPSA) is 80.8 Å². The third-order valence-electron chi connectivity index (χ3n) is 3.40. The number of carbonyl (C=O) groups excluding carboxylic acids is 2. The summed E-state index contributed by atoms with van der Waals surface area (Å²) in [4.78, 5) is 28.7. The number of anilines is 2. The highest BCUT2D eigenvalue weighted by Gasteiger charge is 2.31. The zero-order valence-corrected chi connectivity index (χ0v) is 15.6.